The SMILES string of the molecule is CC(C)Oc1ccc(NC(=O)c2ccc(C(=O)NC3CCCCCC3)cc2)cc1. The van der Waals surface area contributed by atoms with Crippen LogP contribution in [0.1, 0.15) is 73.1 Å². The van der Waals surface area contributed by atoms with Gasteiger partial charge in [-0.05, 0) is 75.2 Å². The van der Waals surface area contributed by atoms with Crippen LogP contribution >= 0.6 is 0 Å². The molecule has 1 saturated carbocycles. The summed E-state index contributed by atoms with van der Waals surface area (Å²) >= 11 is 0. The lowest BCUT2D eigenvalue weighted by molar-refractivity contribution is 0.0932. The molecule has 0 unspecified atom stereocenters. The van der Waals surface area contributed by atoms with E-state index in [1.54, 1.807) is 24.3 Å². The second kappa shape index (κ2) is 10.1. The third kappa shape index (κ3) is 6.34. The Morgan fingerprint density at radius 2 is 1.38 bits per heavy atom. The van der Waals surface area contributed by atoms with Crippen LogP contribution in [-0.4, -0.2) is 24.0 Å². The van der Waals surface area contributed by atoms with Gasteiger partial charge in [0.05, 0.1) is 6.10 Å². The summed E-state index contributed by atoms with van der Waals surface area (Å²) in [5.41, 5.74) is 1.79. The number of carbonyl (C=O) groups excluding carboxylic acids is 2. The Labute approximate surface area is 172 Å². The number of carbonyl (C=O) groups is 2. The minimum Gasteiger partial charge on any atom is -0.491 e. The van der Waals surface area contributed by atoms with Gasteiger partial charge in [0.25, 0.3) is 11.8 Å². The summed E-state index contributed by atoms with van der Waals surface area (Å²) in [5.74, 6) is 0.491. The molecule has 1 aliphatic rings. The van der Waals surface area contributed by atoms with Gasteiger partial charge < -0.3 is 15.4 Å². The van der Waals surface area contributed by atoms with E-state index in [1.165, 1.54) is 25.7 Å². The molecule has 2 aromatic rings. The molecule has 2 aromatic carbocycles. The van der Waals surface area contributed by atoms with E-state index in [2.05, 4.69) is 10.6 Å². The first-order valence-electron chi connectivity index (χ1n) is 10.5. The van der Waals surface area contributed by atoms with E-state index in [-0.39, 0.29) is 24.0 Å². The molecule has 0 bridgehead atoms. The average molecular weight is 395 g/mol. The van der Waals surface area contributed by atoms with Crippen LogP contribution < -0.4 is 15.4 Å². The van der Waals surface area contributed by atoms with Gasteiger partial charge in [-0.15, -0.1) is 0 Å². The maximum Gasteiger partial charge on any atom is 0.255 e. The molecule has 5 heteroatoms. The summed E-state index contributed by atoms with van der Waals surface area (Å²) < 4.78 is 5.61. The Balaban J connectivity index is 1.56. The first-order valence-corrected chi connectivity index (χ1v) is 10.5. The Kier molecular flexibility index (Phi) is 7.28. The van der Waals surface area contributed by atoms with Crippen molar-refractivity contribution in [2.45, 2.75) is 64.5 Å². The Hall–Kier alpha value is -2.82. The highest BCUT2D eigenvalue weighted by Gasteiger charge is 2.16. The van der Waals surface area contributed by atoms with Crippen molar-refractivity contribution in [3.8, 4) is 5.75 Å². The van der Waals surface area contributed by atoms with Crippen molar-refractivity contribution in [1.29, 1.82) is 0 Å². The van der Waals surface area contributed by atoms with Crippen molar-refractivity contribution in [1.82, 2.24) is 5.32 Å². The monoisotopic (exact) mass is 394 g/mol. The maximum atomic E-state index is 12.5. The number of benzene rings is 2. The molecular weight excluding hydrogens is 364 g/mol. The van der Waals surface area contributed by atoms with Crippen LogP contribution in [0.2, 0.25) is 0 Å². The molecule has 0 aliphatic heterocycles. The topological polar surface area (TPSA) is 67.4 Å². The van der Waals surface area contributed by atoms with Crippen molar-refractivity contribution in [2.24, 2.45) is 0 Å². The Morgan fingerprint density at radius 3 is 1.93 bits per heavy atom. The molecule has 29 heavy (non-hydrogen) atoms. The first kappa shape index (κ1) is 20.9. The summed E-state index contributed by atoms with van der Waals surface area (Å²) in [4.78, 5) is 25.0. The van der Waals surface area contributed by atoms with Gasteiger partial charge in [-0.2, -0.15) is 0 Å². The van der Waals surface area contributed by atoms with Crippen LogP contribution in [0.4, 0.5) is 5.69 Å². The highest BCUT2D eigenvalue weighted by molar-refractivity contribution is 6.05. The molecule has 154 valence electrons. The van der Waals surface area contributed by atoms with Crippen LogP contribution in [0.15, 0.2) is 48.5 Å². The smallest absolute Gasteiger partial charge is 0.255 e. The number of amides is 2. The van der Waals surface area contributed by atoms with Gasteiger partial charge in [-0.1, -0.05) is 25.7 Å². The molecule has 0 heterocycles. The fraction of sp³-hybridized carbons (Fsp3) is 0.417. The predicted octanol–water partition coefficient (Wildman–Crippen LogP) is 5.18. The molecule has 2 amide bonds. The molecule has 0 radical (unpaired) electrons. The molecular formula is C24H30N2O3. The minimum atomic E-state index is -0.210. The Bertz CT molecular complexity index is 805. The van der Waals surface area contributed by atoms with Crippen LogP contribution in [0.5, 0.6) is 5.75 Å². The predicted molar refractivity (Wildman–Crippen MR) is 116 cm³/mol. The highest BCUT2D eigenvalue weighted by atomic mass is 16.5. The molecule has 3 rings (SSSR count). The van der Waals surface area contributed by atoms with Gasteiger partial charge in [0.1, 0.15) is 5.75 Å². The Morgan fingerprint density at radius 1 is 0.828 bits per heavy atom. The van der Waals surface area contributed by atoms with Crippen LogP contribution in [0.25, 0.3) is 0 Å². The first-order chi connectivity index (χ1) is 14.0. The van der Waals surface area contributed by atoms with E-state index in [0.717, 1.165) is 18.6 Å². The number of ether oxygens (including phenoxy) is 1. The molecule has 5 nitrogen and oxygen atoms in total. The zero-order chi connectivity index (χ0) is 20.6. The van der Waals surface area contributed by atoms with Crippen molar-refractivity contribution >= 4 is 17.5 Å². The second-order valence-corrected chi connectivity index (χ2v) is 7.88. The third-order valence-corrected chi connectivity index (χ3v) is 5.08. The zero-order valence-electron chi connectivity index (χ0n) is 17.2. The van der Waals surface area contributed by atoms with Gasteiger partial charge in [-0.3, -0.25) is 9.59 Å². The molecule has 0 saturated heterocycles. The van der Waals surface area contributed by atoms with Crippen LogP contribution in [0, 0.1) is 0 Å². The van der Waals surface area contributed by atoms with Gasteiger partial charge in [0.15, 0.2) is 0 Å². The fourth-order valence-electron chi connectivity index (χ4n) is 3.56. The fourth-order valence-corrected chi connectivity index (χ4v) is 3.56. The zero-order valence-corrected chi connectivity index (χ0v) is 17.2. The number of nitrogens with one attached hydrogen (secondary N) is 2. The number of rotatable bonds is 6. The molecule has 0 aromatic heterocycles. The van der Waals surface area contributed by atoms with Gasteiger partial charge >= 0.3 is 0 Å². The lowest BCUT2D eigenvalue weighted by Gasteiger charge is -2.16. The summed E-state index contributed by atoms with van der Waals surface area (Å²) in [7, 11) is 0. The molecule has 1 aliphatic carbocycles. The maximum absolute atomic E-state index is 12.5. The van der Waals surface area contributed by atoms with E-state index < -0.39 is 0 Å². The molecule has 0 atom stereocenters. The second-order valence-electron chi connectivity index (χ2n) is 7.88. The van der Waals surface area contributed by atoms with Crippen LogP contribution in [0.3, 0.4) is 0 Å². The van der Waals surface area contributed by atoms with E-state index in [9.17, 15) is 9.59 Å². The van der Waals surface area contributed by atoms with Crippen molar-refractivity contribution in [3.05, 3.63) is 59.7 Å². The largest absolute Gasteiger partial charge is 0.491 e. The number of anilines is 1. The normalized spacial score (nSPS) is 14.9. The van der Waals surface area contributed by atoms with Gasteiger partial charge in [-0.25, -0.2) is 0 Å². The third-order valence-electron chi connectivity index (χ3n) is 5.08. The van der Waals surface area contributed by atoms with Gasteiger partial charge in [0.2, 0.25) is 0 Å². The lowest BCUT2D eigenvalue weighted by atomic mass is 10.1. The molecule has 1 fully saturated rings. The summed E-state index contributed by atoms with van der Waals surface area (Å²) in [5, 5.41) is 6.00. The van der Waals surface area contributed by atoms with Crippen molar-refractivity contribution < 1.29 is 14.3 Å². The molecule has 0 spiro atoms. The van der Waals surface area contributed by atoms with Crippen molar-refractivity contribution in [2.75, 3.05) is 5.32 Å². The standard InChI is InChI=1S/C24H30N2O3/c1-17(2)29-22-15-13-21(14-16-22)26-24(28)19-11-9-18(10-12-19)23(27)25-20-7-5-3-4-6-8-20/h9-17,20H,3-8H2,1-2H3,(H,25,27)(H,26,28). The molecule has 2 N–H and O–H groups in total. The summed E-state index contributed by atoms with van der Waals surface area (Å²) in [6.45, 7) is 3.94. The highest BCUT2D eigenvalue weighted by Crippen LogP contribution is 2.19. The average Bonchev–Trinajstić information content (AvgIpc) is 2.98. The quantitative estimate of drug-likeness (QED) is 0.664. The summed E-state index contributed by atoms with van der Waals surface area (Å²) in [6, 6.07) is 14.3. The van der Waals surface area contributed by atoms with Crippen LogP contribution in [-0.2, 0) is 0 Å². The minimum absolute atomic E-state index is 0.0652. The van der Waals surface area contributed by atoms with E-state index in [0.29, 0.717) is 16.8 Å². The number of hydrogen-bond acceptors (Lipinski definition) is 3. The lowest BCUT2D eigenvalue weighted by Crippen LogP contribution is -2.34. The summed E-state index contributed by atoms with van der Waals surface area (Å²) in [6.07, 6.45) is 7.06. The number of hydrogen-bond donors (Lipinski definition) is 2. The van der Waals surface area contributed by atoms with E-state index >= 15 is 0 Å². The van der Waals surface area contributed by atoms with E-state index in [4.69, 9.17) is 4.74 Å². The van der Waals surface area contributed by atoms with Crippen molar-refractivity contribution in [3.63, 3.8) is 0 Å². The van der Waals surface area contributed by atoms with Gasteiger partial charge in [0, 0.05) is 22.9 Å². The van der Waals surface area contributed by atoms with E-state index in [1.807, 2.05) is 38.1 Å².